The minimum Gasteiger partial charge on any atom is -0.464 e. The fourth-order valence-corrected chi connectivity index (χ4v) is 2.37. The number of carbonyl (C=O) groups is 1. The molecule has 0 aromatic rings. The fraction of sp³-hybridized carbons (Fsp3) is 0.875. The molecule has 1 rings (SSSR count). The van der Waals surface area contributed by atoms with E-state index in [9.17, 15) is 9.90 Å². The van der Waals surface area contributed by atoms with Crippen LogP contribution in [0.2, 0.25) is 0 Å². The van der Waals surface area contributed by atoms with E-state index in [1.54, 1.807) is 22.9 Å². The maximum Gasteiger partial charge on any atom is 0.416 e. The number of hydrogen-bond donors (Lipinski definition) is 3. The summed E-state index contributed by atoms with van der Waals surface area (Å²) in [5.74, 6) is 0. The Morgan fingerprint density at radius 2 is 2.43 bits per heavy atom. The molecule has 1 heterocycles. The standard InChI is InChI=1S/C8H15IN2O3/c1-8(5-11(9)7(13)14)2-3-10-4-6(8)12/h6,10,12H,2-5H2,1H3,(H,13,14). The van der Waals surface area contributed by atoms with Crippen LogP contribution in [-0.2, 0) is 0 Å². The van der Waals surface area contributed by atoms with Crippen LogP contribution >= 0.6 is 22.9 Å². The number of halogens is 1. The predicted molar refractivity (Wildman–Crippen MR) is 60.4 cm³/mol. The van der Waals surface area contributed by atoms with Crippen LogP contribution in [0.3, 0.4) is 0 Å². The van der Waals surface area contributed by atoms with Gasteiger partial charge in [-0.1, -0.05) is 6.92 Å². The molecule has 82 valence electrons. The van der Waals surface area contributed by atoms with Crippen molar-refractivity contribution in [3.05, 3.63) is 0 Å². The topological polar surface area (TPSA) is 72.8 Å². The molecule has 1 aliphatic rings. The van der Waals surface area contributed by atoms with E-state index in [1.165, 1.54) is 3.11 Å². The number of hydrogen-bond acceptors (Lipinski definition) is 3. The summed E-state index contributed by atoms with van der Waals surface area (Å²) >= 11 is 1.76. The molecular weight excluding hydrogens is 299 g/mol. The third-order valence-corrected chi connectivity index (χ3v) is 3.48. The quantitative estimate of drug-likeness (QED) is 0.518. The molecule has 0 aromatic heterocycles. The zero-order chi connectivity index (χ0) is 10.8. The minimum absolute atomic E-state index is 0.329. The molecule has 0 saturated carbocycles. The smallest absolute Gasteiger partial charge is 0.416 e. The number of amides is 1. The first-order valence-electron chi connectivity index (χ1n) is 4.51. The Morgan fingerprint density at radius 1 is 1.79 bits per heavy atom. The lowest BCUT2D eigenvalue weighted by Crippen LogP contribution is -2.51. The first kappa shape index (κ1) is 12.0. The van der Waals surface area contributed by atoms with Crippen molar-refractivity contribution < 1.29 is 15.0 Å². The van der Waals surface area contributed by atoms with Gasteiger partial charge in [-0.05, 0) is 13.0 Å². The maximum absolute atomic E-state index is 10.6. The number of nitrogens with one attached hydrogen (secondary N) is 1. The zero-order valence-electron chi connectivity index (χ0n) is 8.03. The fourth-order valence-electron chi connectivity index (χ4n) is 1.59. The maximum atomic E-state index is 10.6. The monoisotopic (exact) mass is 314 g/mol. The van der Waals surface area contributed by atoms with Crippen molar-refractivity contribution in [2.24, 2.45) is 5.41 Å². The molecule has 0 spiro atoms. The first-order chi connectivity index (χ1) is 6.46. The molecule has 0 radical (unpaired) electrons. The zero-order valence-corrected chi connectivity index (χ0v) is 10.2. The second-order valence-electron chi connectivity index (χ2n) is 3.93. The molecular formula is C8H15IN2O3. The van der Waals surface area contributed by atoms with Gasteiger partial charge >= 0.3 is 6.09 Å². The van der Waals surface area contributed by atoms with Gasteiger partial charge in [0.05, 0.1) is 29.0 Å². The minimum atomic E-state index is -0.961. The SMILES string of the molecule is CC1(CN(I)C(=O)O)CCNCC1O. The van der Waals surface area contributed by atoms with Crippen LogP contribution in [0.25, 0.3) is 0 Å². The molecule has 0 aromatic carbocycles. The van der Waals surface area contributed by atoms with Crippen LogP contribution in [0.4, 0.5) is 4.79 Å². The van der Waals surface area contributed by atoms with Gasteiger partial charge in [-0.25, -0.2) is 7.91 Å². The van der Waals surface area contributed by atoms with Crippen molar-refractivity contribution in [1.82, 2.24) is 8.43 Å². The van der Waals surface area contributed by atoms with Gasteiger partial charge in [-0.15, -0.1) is 0 Å². The van der Waals surface area contributed by atoms with Gasteiger partial charge in [0.2, 0.25) is 0 Å². The summed E-state index contributed by atoms with van der Waals surface area (Å²) in [7, 11) is 0. The summed E-state index contributed by atoms with van der Waals surface area (Å²) in [5, 5.41) is 21.6. The van der Waals surface area contributed by atoms with E-state index in [4.69, 9.17) is 5.11 Å². The number of aliphatic hydroxyl groups is 1. The van der Waals surface area contributed by atoms with Crippen molar-refractivity contribution in [3.8, 4) is 0 Å². The molecule has 14 heavy (non-hydrogen) atoms. The van der Waals surface area contributed by atoms with Gasteiger partial charge in [-0.3, -0.25) is 0 Å². The molecule has 6 heteroatoms. The molecule has 0 bridgehead atoms. The van der Waals surface area contributed by atoms with Gasteiger partial charge in [0.15, 0.2) is 0 Å². The average molecular weight is 314 g/mol. The van der Waals surface area contributed by atoms with Gasteiger partial charge in [-0.2, -0.15) is 0 Å². The van der Waals surface area contributed by atoms with E-state index in [-0.39, 0.29) is 5.41 Å². The van der Waals surface area contributed by atoms with Crippen molar-refractivity contribution >= 4 is 29.0 Å². The Bertz CT molecular complexity index is 227. The Hall–Kier alpha value is -0.0800. The van der Waals surface area contributed by atoms with Crippen LogP contribution in [0.5, 0.6) is 0 Å². The lowest BCUT2D eigenvalue weighted by molar-refractivity contribution is 0.00530. The Kier molecular flexibility index (Phi) is 3.96. The Morgan fingerprint density at radius 3 is 2.93 bits per heavy atom. The van der Waals surface area contributed by atoms with Crippen LogP contribution in [0, 0.1) is 5.41 Å². The normalized spacial score (nSPS) is 32.6. The third-order valence-electron chi connectivity index (χ3n) is 2.72. The summed E-state index contributed by atoms with van der Waals surface area (Å²) in [6.07, 6.45) is -0.647. The van der Waals surface area contributed by atoms with Crippen LogP contribution in [0.15, 0.2) is 0 Å². The van der Waals surface area contributed by atoms with E-state index < -0.39 is 12.2 Å². The van der Waals surface area contributed by atoms with E-state index in [2.05, 4.69) is 5.32 Å². The third kappa shape index (κ3) is 2.71. The molecule has 2 unspecified atom stereocenters. The molecule has 2 atom stereocenters. The van der Waals surface area contributed by atoms with Gasteiger partial charge in [0.25, 0.3) is 0 Å². The van der Waals surface area contributed by atoms with Gasteiger partial charge in [0.1, 0.15) is 0 Å². The number of aliphatic hydroxyl groups excluding tert-OH is 1. The number of carboxylic acid groups (broad SMARTS) is 1. The molecule has 1 saturated heterocycles. The summed E-state index contributed by atoms with van der Waals surface area (Å²) in [6, 6.07) is 0. The van der Waals surface area contributed by atoms with Crippen molar-refractivity contribution in [2.75, 3.05) is 19.6 Å². The number of nitrogens with zero attached hydrogens (tertiary/aromatic N) is 1. The highest BCUT2D eigenvalue weighted by atomic mass is 127. The summed E-state index contributed by atoms with van der Waals surface area (Å²) in [5.41, 5.74) is -0.329. The lowest BCUT2D eigenvalue weighted by atomic mass is 9.78. The van der Waals surface area contributed by atoms with Gasteiger partial charge < -0.3 is 15.5 Å². The van der Waals surface area contributed by atoms with Crippen LogP contribution in [0.1, 0.15) is 13.3 Å². The van der Waals surface area contributed by atoms with Crippen LogP contribution < -0.4 is 5.32 Å². The van der Waals surface area contributed by atoms with E-state index >= 15 is 0 Å². The van der Waals surface area contributed by atoms with E-state index in [1.807, 2.05) is 6.92 Å². The largest absolute Gasteiger partial charge is 0.464 e. The molecule has 1 amide bonds. The highest BCUT2D eigenvalue weighted by Crippen LogP contribution is 2.30. The molecule has 1 aliphatic heterocycles. The highest BCUT2D eigenvalue weighted by molar-refractivity contribution is 14.1. The van der Waals surface area contributed by atoms with Crippen molar-refractivity contribution in [2.45, 2.75) is 19.4 Å². The number of piperidine rings is 1. The van der Waals surface area contributed by atoms with Crippen LogP contribution in [-0.4, -0.2) is 45.2 Å². The molecule has 5 nitrogen and oxygen atoms in total. The second-order valence-corrected chi connectivity index (χ2v) is 5.09. The summed E-state index contributed by atoms with van der Waals surface area (Å²) in [6.45, 7) is 3.66. The Balaban J connectivity index is 2.59. The molecule has 3 N–H and O–H groups in total. The lowest BCUT2D eigenvalue weighted by Gasteiger charge is -2.39. The van der Waals surface area contributed by atoms with E-state index in [0.29, 0.717) is 13.1 Å². The second kappa shape index (κ2) is 4.63. The van der Waals surface area contributed by atoms with Gasteiger partial charge in [0, 0.05) is 18.5 Å². The summed E-state index contributed by atoms with van der Waals surface area (Å²) < 4.78 is 1.20. The van der Waals surface area contributed by atoms with Crippen molar-refractivity contribution in [1.29, 1.82) is 0 Å². The number of β-amino-alcohol motifs (C(OH)–C–C–N with tert-alkyl or cyclic N) is 1. The first-order valence-corrected chi connectivity index (χ1v) is 5.47. The number of rotatable bonds is 2. The predicted octanol–water partition coefficient (Wildman–Crippen LogP) is 0.677. The van der Waals surface area contributed by atoms with Crippen molar-refractivity contribution in [3.63, 3.8) is 0 Å². The summed E-state index contributed by atoms with van der Waals surface area (Å²) in [4.78, 5) is 10.6. The molecule has 0 aliphatic carbocycles. The Labute approximate surface area is 97.0 Å². The average Bonchev–Trinajstić information content (AvgIpc) is 2.10. The highest BCUT2D eigenvalue weighted by Gasteiger charge is 2.37. The molecule has 1 fully saturated rings. The van der Waals surface area contributed by atoms with E-state index in [0.717, 1.165) is 13.0 Å².